The zero-order chi connectivity index (χ0) is 16.3. The summed E-state index contributed by atoms with van der Waals surface area (Å²) in [5.41, 5.74) is 0.812. The fourth-order valence-corrected chi connectivity index (χ4v) is 5.00. The van der Waals surface area contributed by atoms with E-state index >= 15 is 0 Å². The van der Waals surface area contributed by atoms with Gasteiger partial charge in [-0.05, 0) is 24.6 Å². The lowest BCUT2D eigenvalue weighted by atomic mass is 10.2. The molecule has 0 spiro atoms. The molecule has 122 valence electrons. The molecule has 22 heavy (non-hydrogen) atoms. The molecule has 1 aliphatic heterocycles. The fraction of sp³-hybridized carbons (Fsp3) is 0.500. The second-order valence-electron chi connectivity index (χ2n) is 5.17. The molecular formula is C14H18FNO4S2. The van der Waals surface area contributed by atoms with Gasteiger partial charge in [0.2, 0.25) is 0 Å². The van der Waals surface area contributed by atoms with Crippen molar-refractivity contribution in [1.29, 1.82) is 0 Å². The second-order valence-corrected chi connectivity index (χ2v) is 8.52. The molecule has 0 N–H and O–H groups in total. The smallest absolute Gasteiger partial charge is 0.261 e. The van der Waals surface area contributed by atoms with E-state index < -0.39 is 26.9 Å². The normalized spacial score (nSPS) is 19.0. The number of thioether (sulfide) groups is 1. The predicted molar refractivity (Wildman–Crippen MR) is 84.3 cm³/mol. The average Bonchev–Trinajstić information content (AvgIpc) is 2.47. The van der Waals surface area contributed by atoms with Gasteiger partial charge in [0.05, 0.1) is 0 Å². The summed E-state index contributed by atoms with van der Waals surface area (Å²) < 4.78 is 42.3. The van der Waals surface area contributed by atoms with E-state index in [-0.39, 0.29) is 12.4 Å². The Morgan fingerprint density at radius 3 is 2.91 bits per heavy atom. The molecule has 1 amide bonds. The maximum absolute atomic E-state index is 13.6. The third-order valence-corrected chi connectivity index (χ3v) is 5.98. The minimum atomic E-state index is -3.36. The van der Waals surface area contributed by atoms with Gasteiger partial charge < -0.3 is 9.64 Å². The zero-order valence-electron chi connectivity index (χ0n) is 12.4. The molecule has 0 radical (unpaired) electrons. The summed E-state index contributed by atoms with van der Waals surface area (Å²) in [6.45, 7) is 1.76. The van der Waals surface area contributed by atoms with Crippen LogP contribution in [0.15, 0.2) is 18.2 Å². The number of carbonyl (C=O) groups excluding carboxylic acids is 1. The van der Waals surface area contributed by atoms with Crippen molar-refractivity contribution in [2.75, 3.05) is 30.9 Å². The van der Waals surface area contributed by atoms with Gasteiger partial charge in [-0.3, -0.25) is 4.79 Å². The second kappa shape index (κ2) is 6.87. The highest BCUT2D eigenvalue weighted by Gasteiger charge is 2.34. The Kier molecular flexibility index (Phi) is 5.33. The Hall–Kier alpha value is -1.28. The number of amides is 1. The first-order valence-corrected chi connectivity index (χ1v) is 9.85. The van der Waals surface area contributed by atoms with E-state index in [1.165, 1.54) is 28.8 Å². The van der Waals surface area contributed by atoms with Gasteiger partial charge in [-0.2, -0.15) is 11.8 Å². The number of rotatable bonds is 4. The highest BCUT2D eigenvalue weighted by atomic mass is 32.2. The van der Waals surface area contributed by atoms with Crippen LogP contribution in [0.5, 0.6) is 5.75 Å². The summed E-state index contributed by atoms with van der Waals surface area (Å²) >= 11 is 1.50. The standard InChI is InChI=1S/C14H18FNO4S2/c1-10-3-4-11(15)12(7-10)20-8-13(17)16-5-6-21-9-14(16)22(2,18)19/h3-4,7,14H,5-6,8-9H2,1-2H3/t14-/m0/s1. The molecule has 5 nitrogen and oxygen atoms in total. The summed E-state index contributed by atoms with van der Waals surface area (Å²) in [5, 5.41) is -0.843. The van der Waals surface area contributed by atoms with Crippen LogP contribution in [0.1, 0.15) is 5.56 Å². The van der Waals surface area contributed by atoms with Crippen LogP contribution in [0.2, 0.25) is 0 Å². The Morgan fingerprint density at radius 2 is 2.23 bits per heavy atom. The van der Waals surface area contributed by atoms with E-state index in [1.807, 2.05) is 0 Å². The number of aryl methyl sites for hydroxylation is 1. The summed E-state index contributed by atoms with van der Waals surface area (Å²) in [6, 6.07) is 4.38. The molecule has 1 aliphatic rings. The Bertz CT molecular complexity index is 663. The maximum atomic E-state index is 13.6. The zero-order valence-corrected chi connectivity index (χ0v) is 14.0. The summed E-state index contributed by atoms with van der Waals surface area (Å²) in [4.78, 5) is 13.5. The van der Waals surface area contributed by atoms with E-state index in [2.05, 4.69) is 0 Å². The van der Waals surface area contributed by atoms with E-state index in [0.717, 1.165) is 11.8 Å². The summed E-state index contributed by atoms with van der Waals surface area (Å²) in [7, 11) is -3.36. The molecular weight excluding hydrogens is 329 g/mol. The average molecular weight is 347 g/mol. The molecule has 1 aromatic carbocycles. The quantitative estimate of drug-likeness (QED) is 0.825. The first kappa shape index (κ1) is 17.1. The van der Waals surface area contributed by atoms with Crippen molar-refractivity contribution < 1.29 is 22.3 Å². The van der Waals surface area contributed by atoms with E-state index in [9.17, 15) is 17.6 Å². The van der Waals surface area contributed by atoms with Crippen LogP contribution in [0.25, 0.3) is 0 Å². The first-order valence-electron chi connectivity index (χ1n) is 6.74. The Balaban J connectivity index is 2.06. The molecule has 0 bridgehead atoms. The van der Waals surface area contributed by atoms with Crippen molar-refractivity contribution in [1.82, 2.24) is 4.90 Å². The number of hydrogen-bond donors (Lipinski definition) is 0. The summed E-state index contributed by atoms with van der Waals surface area (Å²) in [5.74, 6) is 0.0273. The lowest BCUT2D eigenvalue weighted by molar-refractivity contribution is -0.133. The van der Waals surface area contributed by atoms with Crippen LogP contribution < -0.4 is 4.74 Å². The molecule has 0 saturated carbocycles. The topological polar surface area (TPSA) is 63.7 Å². The Labute approximate surface area is 133 Å². The lowest BCUT2D eigenvalue weighted by Gasteiger charge is -2.33. The fourth-order valence-electron chi connectivity index (χ4n) is 2.16. The van der Waals surface area contributed by atoms with Crippen LogP contribution in [-0.4, -0.2) is 55.5 Å². The van der Waals surface area contributed by atoms with Crippen LogP contribution in [0.4, 0.5) is 4.39 Å². The number of sulfone groups is 1. The van der Waals surface area contributed by atoms with Crippen molar-refractivity contribution in [2.45, 2.75) is 12.3 Å². The van der Waals surface area contributed by atoms with Gasteiger partial charge in [0.25, 0.3) is 5.91 Å². The van der Waals surface area contributed by atoms with Gasteiger partial charge in [0.1, 0.15) is 5.37 Å². The largest absolute Gasteiger partial charge is 0.481 e. The third-order valence-electron chi connectivity index (χ3n) is 3.34. The molecule has 1 saturated heterocycles. The molecule has 8 heteroatoms. The van der Waals surface area contributed by atoms with Gasteiger partial charge in [-0.25, -0.2) is 12.8 Å². The maximum Gasteiger partial charge on any atom is 0.261 e. The van der Waals surface area contributed by atoms with Gasteiger partial charge in [-0.15, -0.1) is 0 Å². The molecule has 0 unspecified atom stereocenters. The van der Waals surface area contributed by atoms with Gasteiger partial charge in [0, 0.05) is 24.3 Å². The van der Waals surface area contributed by atoms with Crippen LogP contribution in [0, 0.1) is 12.7 Å². The molecule has 1 heterocycles. The predicted octanol–water partition coefficient (Wildman–Crippen LogP) is 1.46. The van der Waals surface area contributed by atoms with E-state index in [4.69, 9.17) is 4.74 Å². The first-order chi connectivity index (χ1) is 10.3. The van der Waals surface area contributed by atoms with E-state index in [1.54, 1.807) is 13.0 Å². The van der Waals surface area contributed by atoms with Crippen molar-refractivity contribution in [3.63, 3.8) is 0 Å². The number of ether oxygens (including phenoxy) is 1. The van der Waals surface area contributed by atoms with Crippen LogP contribution >= 0.6 is 11.8 Å². The van der Waals surface area contributed by atoms with Crippen LogP contribution in [0.3, 0.4) is 0 Å². The van der Waals surface area contributed by atoms with E-state index in [0.29, 0.717) is 18.1 Å². The molecule has 2 rings (SSSR count). The summed E-state index contributed by atoms with van der Waals surface area (Å²) in [6.07, 6.45) is 1.12. The minimum Gasteiger partial charge on any atom is -0.481 e. The van der Waals surface area contributed by atoms with Crippen molar-refractivity contribution in [2.24, 2.45) is 0 Å². The van der Waals surface area contributed by atoms with Gasteiger partial charge >= 0.3 is 0 Å². The van der Waals surface area contributed by atoms with Crippen LogP contribution in [-0.2, 0) is 14.6 Å². The molecule has 0 aliphatic carbocycles. The number of hydrogen-bond acceptors (Lipinski definition) is 5. The molecule has 1 atom stereocenters. The third kappa shape index (κ3) is 4.13. The number of nitrogens with zero attached hydrogens (tertiary/aromatic N) is 1. The van der Waals surface area contributed by atoms with Crippen molar-refractivity contribution >= 4 is 27.5 Å². The van der Waals surface area contributed by atoms with Gasteiger partial charge in [0.15, 0.2) is 28.0 Å². The minimum absolute atomic E-state index is 0.00404. The monoisotopic (exact) mass is 347 g/mol. The lowest BCUT2D eigenvalue weighted by Crippen LogP contribution is -2.51. The molecule has 1 fully saturated rings. The Morgan fingerprint density at radius 1 is 1.50 bits per heavy atom. The molecule has 0 aromatic heterocycles. The van der Waals surface area contributed by atoms with Crippen molar-refractivity contribution in [3.8, 4) is 5.75 Å². The van der Waals surface area contributed by atoms with Crippen molar-refractivity contribution in [3.05, 3.63) is 29.6 Å². The highest BCUT2D eigenvalue weighted by Crippen LogP contribution is 2.22. The SMILES string of the molecule is Cc1ccc(F)c(OCC(=O)N2CCSC[C@@H]2S(C)(=O)=O)c1. The number of halogens is 1. The number of benzene rings is 1. The number of carbonyl (C=O) groups is 1. The van der Waals surface area contributed by atoms with Gasteiger partial charge in [-0.1, -0.05) is 6.07 Å². The molecule has 1 aromatic rings. The highest BCUT2D eigenvalue weighted by molar-refractivity contribution is 8.00.